The molecule has 4 rings (SSSR count). The fourth-order valence-electron chi connectivity index (χ4n) is 3.94. The molecule has 2 N–H and O–H groups in total. The SMILES string of the molecule is CN(C)C(=O)CN1CCN(c2cc(C(=O)O)c3cc(NC(=O)c4ccccc4F)ccc3n2)CC1. The molecule has 1 aliphatic rings. The van der Waals surface area contributed by atoms with E-state index in [-0.39, 0.29) is 17.0 Å². The lowest BCUT2D eigenvalue weighted by atomic mass is 10.1. The van der Waals surface area contributed by atoms with Crippen LogP contribution < -0.4 is 10.2 Å². The molecule has 0 saturated carbocycles. The maximum absolute atomic E-state index is 13.9. The highest BCUT2D eigenvalue weighted by Crippen LogP contribution is 2.27. The molecule has 2 aromatic carbocycles. The highest BCUT2D eigenvalue weighted by molar-refractivity contribution is 6.08. The molecule has 3 aromatic rings. The Morgan fingerprint density at radius 1 is 1.03 bits per heavy atom. The number of aromatic nitrogens is 1. The second-order valence-electron chi connectivity index (χ2n) is 8.55. The van der Waals surface area contributed by atoms with Gasteiger partial charge in [0.25, 0.3) is 5.91 Å². The van der Waals surface area contributed by atoms with Gasteiger partial charge in [-0.25, -0.2) is 14.2 Å². The molecule has 10 heteroatoms. The zero-order valence-corrected chi connectivity index (χ0v) is 19.5. The molecule has 35 heavy (non-hydrogen) atoms. The summed E-state index contributed by atoms with van der Waals surface area (Å²) in [4.78, 5) is 46.7. The number of nitrogens with one attached hydrogen (secondary N) is 1. The fourth-order valence-corrected chi connectivity index (χ4v) is 3.94. The lowest BCUT2D eigenvalue weighted by molar-refractivity contribution is -0.129. The average Bonchev–Trinajstić information content (AvgIpc) is 2.84. The minimum atomic E-state index is -1.12. The molecule has 1 aliphatic heterocycles. The number of aromatic carboxylic acids is 1. The Bertz CT molecular complexity index is 1290. The summed E-state index contributed by atoms with van der Waals surface area (Å²) in [5, 5.41) is 12.8. The Labute approximate surface area is 201 Å². The molecule has 0 spiro atoms. The van der Waals surface area contributed by atoms with Crippen LogP contribution in [0.2, 0.25) is 0 Å². The van der Waals surface area contributed by atoms with E-state index in [2.05, 4.69) is 15.2 Å². The Morgan fingerprint density at radius 3 is 2.40 bits per heavy atom. The number of rotatable bonds is 6. The largest absolute Gasteiger partial charge is 0.478 e. The van der Waals surface area contributed by atoms with Gasteiger partial charge in [-0.3, -0.25) is 14.5 Å². The molecule has 1 saturated heterocycles. The molecule has 0 unspecified atom stereocenters. The van der Waals surface area contributed by atoms with Crippen LogP contribution in [0.3, 0.4) is 0 Å². The fraction of sp³-hybridized carbons (Fsp3) is 0.280. The summed E-state index contributed by atoms with van der Waals surface area (Å²) in [6.07, 6.45) is 0. The molecular formula is C25H26FN5O4. The number of hydrogen-bond donors (Lipinski definition) is 2. The number of benzene rings is 2. The van der Waals surface area contributed by atoms with Crippen LogP contribution in [-0.2, 0) is 4.79 Å². The van der Waals surface area contributed by atoms with Gasteiger partial charge in [0, 0.05) is 51.3 Å². The van der Waals surface area contributed by atoms with Crippen molar-refractivity contribution in [2.24, 2.45) is 0 Å². The minimum Gasteiger partial charge on any atom is -0.478 e. The van der Waals surface area contributed by atoms with Gasteiger partial charge < -0.3 is 20.2 Å². The van der Waals surface area contributed by atoms with E-state index in [1.165, 1.54) is 30.3 Å². The zero-order valence-electron chi connectivity index (χ0n) is 19.5. The summed E-state index contributed by atoms with van der Waals surface area (Å²) < 4.78 is 13.9. The number of carboxylic acid groups (broad SMARTS) is 1. The van der Waals surface area contributed by atoms with Crippen molar-refractivity contribution < 1.29 is 23.9 Å². The van der Waals surface area contributed by atoms with Gasteiger partial charge in [-0.1, -0.05) is 12.1 Å². The number of carboxylic acids is 1. The van der Waals surface area contributed by atoms with Gasteiger partial charge >= 0.3 is 5.97 Å². The molecule has 1 aromatic heterocycles. The van der Waals surface area contributed by atoms with E-state index in [1.807, 2.05) is 4.90 Å². The van der Waals surface area contributed by atoms with Crippen LogP contribution >= 0.6 is 0 Å². The maximum atomic E-state index is 13.9. The van der Waals surface area contributed by atoms with Crippen molar-refractivity contribution in [3.05, 3.63) is 65.5 Å². The van der Waals surface area contributed by atoms with Gasteiger partial charge in [0.2, 0.25) is 5.91 Å². The lowest BCUT2D eigenvalue weighted by Gasteiger charge is -2.35. The minimum absolute atomic E-state index is 0.0355. The molecule has 2 heterocycles. The second-order valence-corrected chi connectivity index (χ2v) is 8.55. The van der Waals surface area contributed by atoms with Gasteiger partial charge in [0.15, 0.2) is 0 Å². The molecule has 0 bridgehead atoms. The van der Waals surface area contributed by atoms with Crippen LogP contribution in [0, 0.1) is 5.82 Å². The summed E-state index contributed by atoms with van der Waals surface area (Å²) in [6.45, 7) is 2.86. The third-order valence-corrected chi connectivity index (χ3v) is 5.96. The Balaban J connectivity index is 1.55. The molecule has 0 aliphatic carbocycles. The summed E-state index contributed by atoms with van der Waals surface area (Å²) in [5.41, 5.74) is 0.749. The number of pyridine rings is 1. The molecule has 2 amide bonds. The van der Waals surface area contributed by atoms with E-state index < -0.39 is 17.7 Å². The molecule has 1 fully saturated rings. The predicted molar refractivity (Wildman–Crippen MR) is 130 cm³/mol. The first-order chi connectivity index (χ1) is 16.7. The predicted octanol–water partition coefficient (Wildman–Crippen LogP) is 2.53. The van der Waals surface area contributed by atoms with Gasteiger partial charge in [-0.15, -0.1) is 0 Å². The van der Waals surface area contributed by atoms with Crippen LogP contribution in [0.1, 0.15) is 20.7 Å². The first kappa shape index (κ1) is 24.1. The summed E-state index contributed by atoms with van der Waals surface area (Å²) in [7, 11) is 3.45. The van der Waals surface area contributed by atoms with Crippen molar-refractivity contribution in [3.8, 4) is 0 Å². The van der Waals surface area contributed by atoms with Crippen molar-refractivity contribution in [1.29, 1.82) is 0 Å². The third kappa shape index (κ3) is 5.38. The highest BCUT2D eigenvalue weighted by Gasteiger charge is 2.23. The molecule has 9 nitrogen and oxygen atoms in total. The molecule has 0 atom stereocenters. The number of likely N-dealkylation sites (N-methyl/N-ethyl adjacent to an activating group) is 1. The van der Waals surface area contributed by atoms with E-state index >= 15 is 0 Å². The number of fused-ring (bicyclic) bond motifs is 1. The van der Waals surface area contributed by atoms with Crippen molar-refractivity contribution >= 4 is 40.2 Å². The number of halogens is 1. The first-order valence-electron chi connectivity index (χ1n) is 11.1. The van der Waals surface area contributed by atoms with Gasteiger partial charge in [-0.2, -0.15) is 0 Å². The van der Waals surface area contributed by atoms with Gasteiger partial charge in [0.1, 0.15) is 11.6 Å². The monoisotopic (exact) mass is 479 g/mol. The van der Waals surface area contributed by atoms with Crippen LogP contribution in [0.25, 0.3) is 10.9 Å². The lowest BCUT2D eigenvalue weighted by Crippen LogP contribution is -2.49. The van der Waals surface area contributed by atoms with Gasteiger partial charge in [-0.05, 0) is 36.4 Å². The summed E-state index contributed by atoms with van der Waals surface area (Å²) >= 11 is 0. The van der Waals surface area contributed by atoms with Crippen LogP contribution in [-0.4, -0.2) is 84.5 Å². The van der Waals surface area contributed by atoms with E-state index in [0.29, 0.717) is 55.1 Å². The highest BCUT2D eigenvalue weighted by atomic mass is 19.1. The third-order valence-electron chi connectivity index (χ3n) is 5.96. The van der Waals surface area contributed by atoms with Crippen molar-refractivity contribution in [2.45, 2.75) is 0 Å². The van der Waals surface area contributed by atoms with Crippen molar-refractivity contribution in [2.75, 3.05) is 57.0 Å². The standard InChI is InChI=1S/C25H26FN5O4/c1-29(2)23(32)15-30-9-11-31(12-10-30)22-14-19(25(34)35)18-13-16(7-8-21(18)28-22)27-24(33)17-5-3-4-6-20(17)26/h3-8,13-14H,9-12,15H2,1-2H3,(H,27,33)(H,34,35). The summed E-state index contributed by atoms with van der Waals surface area (Å²) in [5.74, 6) is -1.82. The normalized spacial score (nSPS) is 14.1. The van der Waals surface area contributed by atoms with E-state index in [0.717, 1.165) is 0 Å². The Hall–Kier alpha value is -4.05. The number of anilines is 2. The summed E-state index contributed by atoms with van der Waals surface area (Å²) in [6, 6.07) is 11.9. The average molecular weight is 480 g/mol. The van der Waals surface area contributed by atoms with Crippen LogP contribution in [0.15, 0.2) is 48.5 Å². The van der Waals surface area contributed by atoms with Crippen molar-refractivity contribution in [3.63, 3.8) is 0 Å². The van der Waals surface area contributed by atoms with Gasteiger partial charge in [0.05, 0.1) is 23.2 Å². The second kappa shape index (κ2) is 10.1. The number of nitrogens with zero attached hydrogens (tertiary/aromatic N) is 4. The number of carbonyl (C=O) groups is 3. The van der Waals surface area contributed by atoms with Crippen LogP contribution in [0.5, 0.6) is 0 Å². The smallest absolute Gasteiger partial charge is 0.336 e. The Kier molecular flexibility index (Phi) is 6.92. The van der Waals surface area contributed by atoms with Crippen molar-refractivity contribution in [1.82, 2.24) is 14.8 Å². The molecule has 0 radical (unpaired) electrons. The van der Waals surface area contributed by atoms with E-state index in [1.54, 1.807) is 37.2 Å². The first-order valence-corrected chi connectivity index (χ1v) is 11.1. The Morgan fingerprint density at radius 2 is 1.74 bits per heavy atom. The van der Waals surface area contributed by atoms with Crippen LogP contribution in [0.4, 0.5) is 15.9 Å². The number of amides is 2. The topological polar surface area (TPSA) is 106 Å². The molecular weight excluding hydrogens is 453 g/mol. The molecule has 182 valence electrons. The number of carbonyl (C=O) groups excluding carboxylic acids is 2. The number of piperazine rings is 1. The van der Waals surface area contributed by atoms with E-state index in [4.69, 9.17) is 0 Å². The van der Waals surface area contributed by atoms with E-state index in [9.17, 15) is 23.9 Å². The zero-order chi connectivity index (χ0) is 25.1. The number of hydrogen-bond acceptors (Lipinski definition) is 6. The maximum Gasteiger partial charge on any atom is 0.336 e. The quantitative estimate of drug-likeness (QED) is 0.560.